The molecular weight excluding hydrogens is 320 g/mol. The number of hydrogen-bond donors (Lipinski definition) is 1. The van der Waals surface area contributed by atoms with Crippen LogP contribution in [-0.2, 0) is 0 Å². The molecule has 5 rings (SSSR count). The highest BCUT2D eigenvalue weighted by Gasteiger charge is 2.36. The smallest absolute Gasteiger partial charge is 0.251 e. The fourth-order valence-corrected chi connectivity index (χ4v) is 4.59. The fourth-order valence-electron chi connectivity index (χ4n) is 4.59. The molecule has 1 saturated heterocycles. The van der Waals surface area contributed by atoms with Crippen molar-refractivity contribution in [3.63, 3.8) is 0 Å². The molecular formula is C23H22N2O. The molecule has 130 valence electrons. The predicted octanol–water partition coefficient (Wildman–Crippen LogP) is 3.90. The van der Waals surface area contributed by atoms with Crippen LogP contribution in [0.15, 0.2) is 60.7 Å². The molecule has 1 unspecified atom stereocenters. The van der Waals surface area contributed by atoms with Gasteiger partial charge in [-0.3, -0.25) is 4.79 Å². The van der Waals surface area contributed by atoms with E-state index in [1.54, 1.807) is 0 Å². The first kappa shape index (κ1) is 15.6. The number of amides is 1. The molecule has 0 aliphatic carbocycles. The van der Waals surface area contributed by atoms with E-state index in [1.165, 1.54) is 16.3 Å². The molecule has 3 aromatic rings. The summed E-state index contributed by atoms with van der Waals surface area (Å²) in [7, 11) is 2.17. The van der Waals surface area contributed by atoms with E-state index in [2.05, 4.69) is 77.9 Å². The Bertz CT molecular complexity index is 1010. The molecule has 2 atom stereocenters. The summed E-state index contributed by atoms with van der Waals surface area (Å²) in [4.78, 5) is 15.1. The van der Waals surface area contributed by atoms with Crippen LogP contribution in [0.3, 0.4) is 0 Å². The Morgan fingerprint density at radius 1 is 0.923 bits per heavy atom. The summed E-state index contributed by atoms with van der Waals surface area (Å²) in [5.74, 6) is 1.02. The summed E-state index contributed by atoms with van der Waals surface area (Å²) < 4.78 is 0. The second-order valence-electron chi connectivity index (χ2n) is 7.66. The van der Waals surface area contributed by atoms with E-state index in [-0.39, 0.29) is 5.91 Å². The van der Waals surface area contributed by atoms with Crippen molar-refractivity contribution in [1.29, 1.82) is 0 Å². The zero-order valence-electron chi connectivity index (χ0n) is 14.9. The number of fused-ring (bicyclic) bond motifs is 4. The number of rotatable bonds is 1. The van der Waals surface area contributed by atoms with Crippen molar-refractivity contribution < 1.29 is 4.79 Å². The van der Waals surface area contributed by atoms with E-state index in [0.717, 1.165) is 36.3 Å². The quantitative estimate of drug-likeness (QED) is 0.727. The number of hydrogen-bond acceptors (Lipinski definition) is 2. The summed E-state index contributed by atoms with van der Waals surface area (Å²) >= 11 is 0. The maximum absolute atomic E-state index is 12.7. The van der Waals surface area contributed by atoms with E-state index < -0.39 is 0 Å². The number of carbonyl (C=O) groups is 1. The van der Waals surface area contributed by atoms with Crippen LogP contribution in [0.25, 0.3) is 21.9 Å². The fraction of sp³-hybridized carbons (Fsp3) is 0.261. The van der Waals surface area contributed by atoms with Crippen molar-refractivity contribution in [2.24, 2.45) is 5.92 Å². The van der Waals surface area contributed by atoms with Gasteiger partial charge in [0.15, 0.2) is 0 Å². The third-order valence-electron chi connectivity index (χ3n) is 5.93. The SMILES string of the molecule is CN1CC2c3ccc(-c4ccc5ccccc5c4)cc3C(=O)NC[C@H]2C1. The molecule has 1 amide bonds. The first-order valence-electron chi connectivity index (χ1n) is 9.29. The molecule has 0 aromatic heterocycles. The Balaban J connectivity index is 1.60. The molecule has 0 spiro atoms. The molecule has 26 heavy (non-hydrogen) atoms. The van der Waals surface area contributed by atoms with Crippen molar-refractivity contribution in [1.82, 2.24) is 10.2 Å². The van der Waals surface area contributed by atoms with E-state index >= 15 is 0 Å². The number of nitrogens with one attached hydrogen (secondary N) is 1. The van der Waals surface area contributed by atoms with Crippen molar-refractivity contribution in [2.75, 3.05) is 26.7 Å². The minimum absolute atomic E-state index is 0.0692. The van der Waals surface area contributed by atoms with Gasteiger partial charge in [0.05, 0.1) is 0 Å². The lowest BCUT2D eigenvalue weighted by Gasteiger charge is -2.17. The second-order valence-corrected chi connectivity index (χ2v) is 7.66. The van der Waals surface area contributed by atoms with Crippen LogP contribution < -0.4 is 5.32 Å². The monoisotopic (exact) mass is 342 g/mol. The van der Waals surface area contributed by atoms with Crippen LogP contribution >= 0.6 is 0 Å². The molecule has 0 radical (unpaired) electrons. The van der Waals surface area contributed by atoms with Crippen LogP contribution in [0.2, 0.25) is 0 Å². The lowest BCUT2D eigenvalue weighted by Crippen LogP contribution is -2.29. The number of carbonyl (C=O) groups excluding carboxylic acids is 1. The highest BCUT2D eigenvalue weighted by atomic mass is 16.1. The van der Waals surface area contributed by atoms with Crippen molar-refractivity contribution in [3.05, 3.63) is 71.8 Å². The first-order chi connectivity index (χ1) is 12.7. The normalized spacial score (nSPS) is 22.6. The number of likely N-dealkylation sites (N-methyl/N-ethyl adjacent to an activating group) is 1. The van der Waals surface area contributed by atoms with Gasteiger partial charge in [-0.15, -0.1) is 0 Å². The summed E-state index contributed by atoms with van der Waals surface area (Å²) in [6, 6.07) is 21.3. The van der Waals surface area contributed by atoms with Crippen LogP contribution in [0, 0.1) is 5.92 Å². The number of likely N-dealkylation sites (tertiary alicyclic amines) is 1. The van der Waals surface area contributed by atoms with Gasteiger partial charge in [0.25, 0.3) is 5.91 Å². The maximum atomic E-state index is 12.7. The molecule has 2 aliphatic heterocycles. The summed E-state index contributed by atoms with van der Waals surface area (Å²) in [5.41, 5.74) is 4.32. The van der Waals surface area contributed by atoms with Gasteiger partial charge >= 0.3 is 0 Å². The van der Waals surface area contributed by atoms with Gasteiger partial charge in [0.1, 0.15) is 0 Å². The topological polar surface area (TPSA) is 32.3 Å². The molecule has 3 nitrogen and oxygen atoms in total. The Hall–Kier alpha value is -2.65. The minimum atomic E-state index is 0.0692. The third-order valence-corrected chi connectivity index (χ3v) is 5.93. The molecule has 3 heteroatoms. The Labute approximate surface area is 153 Å². The van der Waals surface area contributed by atoms with Gasteiger partial charge < -0.3 is 10.2 Å². The molecule has 3 aromatic carbocycles. The van der Waals surface area contributed by atoms with E-state index in [1.807, 2.05) is 0 Å². The molecule has 1 fully saturated rings. The minimum Gasteiger partial charge on any atom is -0.352 e. The van der Waals surface area contributed by atoms with Crippen molar-refractivity contribution in [3.8, 4) is 11.1 Å². The molecule has 2 heterocycles. The highest BCUT2D eigenvalue weighted by molar-refractivity contribution is 5.98. The molecule has 1 N–H and O–H groups in total. The highest BCUT2D eigenvalue weighted by Crippen LogP contribution is 2.37. The van der Waals surface area contributed by atoms with Gasteiger partial charge in [0, 0.05) is 31.1 Å². The largest absolute Gasteiger partial charge is 0.352 e. The van der Waals surface area contributed by atoms with Crippen LogP contribution in [0.5, 0.6) is 0 Å². The standard InChI is InChI=1S/C23H22N2O/c1-25-13-19-12-24-23(26)21-11-18(8-9-20(21)22(19)14-25)17-7-6-15-4-2-3-5-16(15)10-17/h2-11,19,22H,12-14H2,1H3,(H,24,26)/t19-,22?/m0/s1. The van der Waals surface area contributed by atoms with E-state index in [9.17, 15) is 4.79 Å². The molecule has 2 aliphatic rings. The number of nitrogens with zero attached hydrogens (tertiary/aromatic N) is 1. The Morgan fingerprint density at radius 2 is 1.69 bits per heavy atom. The van der Waals surface area contributed by atoms with Crippen LogP contribution in [-0.4, -0.2) is 37.5 Å². The predicted molar refractivity (Wildman–Crippen MR) is 105 cm³/mol. The zero-order valence-corrected chi connectivity index (χ0v) is 14.9. The van der Waals surface area contributed by atoms with Gasteiger partial charge in [-0.25, -0.2) is 0 Å². The second kappa shape index (κ2) is 5.96. The first-order valence-corrected chi connectivity index (χ1v) is 9.29. The van der Waals surface area contributed by atoms with Gasteiger partial charge in [0.2, 0.25) is 0 Å². The van der Waals surface area contributed by atoms with Crippen LogP contribution in [0.1, 0.15) is 21.8 Å². The van der Waals surface area contributed by atoms with Crippen molar-refractivity contribution in [2.45, 2.75) is 5.92 Å². The maximum Gasteiger partial charge on any atom is 0.251 e. The third kappa shape index (κ3) is 2.51. The van der Waals surface area contributed by atoms with Gasteiger partial charge in [-0.05, 0) is 52.6 Å². The molecule has 0 bridgehead atoms. The Kier molecular flexibility index (Phi) is 3.57. The lowest BCUT2D eigenvalue weighted by molar-refractivity contribution is 0.0951. The van der Waals surface area contributed by atoms with Crippen LogP contribution in [0.4, 0.5) is 0 Å². The van der Waals surface area contributed by atoms with Gasteiger partial charge in [-0.2, -0.15) is 0 Å². The average Bonchev–Trinajstić information content (AvgIpc) is 3.00. The zero-order chi connectivity index (χ0) is 17.7. The number of benzene rings is 3. The summed E-state index contributed by atoms with van der Waals surface area (Å²) in [5, 5.41) is 5.60. The Morgan fingerprint density at radius 3 is 2.58 bits per heavy atom. The van der Waals surface area contributed by atoms with E-state index in [0.29, 0.717) is 11.8 Å². The van der Waals surface area contributed by atoms with Gasteiger partial charge in [-0.1, -0.05) is 48.5 Å². The molecule has 0 saturated carbocycles. The lowest BCUT2D eigenvalue weighted by atomic mass is 9.86. The summed E-state index contributed by atoms with van der Waals surface area (Å²) in [6.45, 7) is 2.85. The van der Waals surface area contributed by atoms with E-state index in [4.69, 9.17) is 0 Å². The summed E-state index contributed by atoms with van der Waals surface area (Å²) in [6.07, 6.45) is 0. The van der Waals surface area contributed by atoms with Crippen molar-refractivity contribution >= 4 is 16.7 Å². The average molecular weight is 342 g/mol.